The highest BCUT2D eigenvalue weighted by molar-refractivity contribution is 5.10. The second-order valence-electron chi connectivity index (χ2n) is 13.5. The summed E-state index contributed by atoms with van der Waals surface area (Å²) < 4.78 is 0. The van der Waals surface area contributed by atoms with Crippen molar-refractivity contribution in [3.8, 4) is 0 Å². The fourth-order valence-corrected chi connectivity index (χ4v) is 10.0. The quantitative estimate of drug-likeness (QED) is 0.464. The van der Waals surface area contributed by atoms with E-state index in [1.54, 1.807) is 0 Å². The molecule has 0 spiro atoms. The molecule has 0 radical (unpaired) electrons. The molecule has 0 heterocycles. The first kappa shape index (κ1) is 25.0. The van der Waals surface area contributed by atoms with Crippen molar-refractivity contribution in [2.75, 3.05) is 0 Å². The van der Waals surface area contributed by atoms with Gasteiger partial charge in [-0.2, -0.15) is 0 Å². The lowest BCUT2D eigenvalue weighted by Crippen LogP contribution is -2.54. The molecule has 0 saturated heterocycles. The molecule has 4 aliphatic rings. The topological polar surface area (TPSA) is 60.7 Å². The summed E-state index contributed by atoms with van der Waals surface area (Å²) in [5, 5.41) is 32.6. The third-order valence-corrected chi connectivity index (χ3v) is 12.0. The highest BCUT2D eigenvalue weighted by atomic mass is 16.3. The molecule has 4 saturated carbocycles. The van der Waals surface area contributed by atoms with Crippen LogP contribution in [0.4, 0.5) is 0 Å². The lowest BCUT2D eigenvalue weighted by Gasteiger charge is -2.61. The Labute approximate surface area is 197 Å². The van der Waals surface area contributed by atoms with Crippen molar-refractivity contribution in [2.45, 2.75) is 124 Å². The Bertz CT molecular complexity index is 648. The van der Waals surface area contributed by atoms with Crippen molar-refractivity contribution < 1.29 is 15.3 Å². The van der Waals surface area contributed by atoms with Crippen LogP contribution in [-0.4, -0.2) is 33.6 Å². The lowest BCUT2D eigenvalue weighted by atomic mass is 9.44. The number of fused-ring (bicyclic) bond motifs is 5. The van der Waals surface area contributed by atoms with E-state index >= 15 is 0 Å². The Balaban J connectivity index is 1.50. The largest absolute Gasteiger partial charge is 0.393 e. The standard InChI is InChI=1S/C29H52O3/c1-7-21(17(2)3)27(32)26(31)18(4)23-10-11-24-22-9-8-19-16-20(30)12-14-28(19,5)25(22)13-15-29(23,24)6/h17-27,30-32H,7-16H2,1-6H3/t18-,19-,20-,21-,22-,23+,24-,25-,26+,27+,28-,29+/m0/s1. The average Bonchev–Trinajstić information content (AvgIpc) is 3.10. The molecule has 0 aromatic carbocycles. The molecule has 0 aromatic rings. The summed E-state index contributed by atoms with van der Waals surface area (Å²) in [6.07, 6.45) is 10.6. The molecule has 32 heavy (non-hydrogen) atoms. The van der Waals surface area contributed by atoms with Crippen LogP contribution in [0.15, 0.2) is 0 Å². The van der Waals surface area contributed by atoms with Gasteiger partial charge in [0, 0.05) is 0 Å². The summed E-state index contributed by atoms with van der Waals surface area (Å²) in [5.41, 5.74) is 0.729. The normalized spacial score (nSPS) is 47.8. The summed E-state index contributed by atoms with van der Waals surface area (Å²) in [4.78, 5) is 0. The highest BCUT2D eigenvalue weighted by Gasteiger charge is 2.61. The van der Waals surface area contributed by atoms with E-state index in [-0.39, 0.29) is 17.9 Å². The molecule has 3 nitrogen and oxygen atoms in total. The third kappa shape index (κ3) is 3.91. The molecule has 0 aliphatic heterocycles. The number of hydrogen-bond donors (Lipinski definition) is 3. The first-order valence-corrected chi connectivity index (χ1v) is 14.1. The van der Waals surface area contributed by atoms with Gasteiger partial charge < -0.3 is 15.3 Å². The van der Waals surface area contributed by atoms with Crippen molar-refractivity contribution >= 4 is 0 Å². The van der Waals surface area contributed by atoms with Crippen LogP contribution >= 0.6 is 0 Å². The van der Waals surface area contributed by atoms with Gasteiger partial charge >= 0.3 is 0 Å². The van der Waals surface area contributed by atoms with Crippen molar-refractivity contribution in [3.05, 3.63) is 0 Å². The number of aliphatic hydroxyl groups excluding tert-OH is 3. The number of rotatable bonds is 6. The summed E-state index contributed by atoms with van der Waals surface area (Å²) in [6, 6.07) is 0. The minimum absolute atomic E-state index is 0.0686. The first-order chi connectivity index (χ1) is 15.0. The summed E-state index contributed by atoms with van der Waals surface area (Å²) in [7, 11) is 0. The first-order valence-electron chi connectivity index (χ1n) is 14.1. The minimum atomic E-state index is -0.617. The van der Waals surface area contributed by atoms with Gasteiger partial charge in [0.1, 0.15) is 0 Å². The van der Waals surface area contributed by atoms with Crippen LogP contribution in [-0.2, 0) is 0 Å². The second-order valence-corrected chi connectivity index (χ2v) is 13.5. The fourth-order valence-electron chi connectivity index (χ4n) is 10.0. The molecule has 0 unspecified atom stereocenters. The molecule has 0 aromatic heterocycles. The molecule has 4 aliphatic carbocycles. The maximum absolute atomic E-state index is 11.3. The Hall–Kier alpha value is -0.120. The van der Waals surface area contributed by atoms with Gasteiger partial charge in [-0.3, -0.25) is 0 Å². The van der Waals surface area contributed by atoms with E-state index in [1.807, 2.05) is 0 Å². The summed E-state index contributed by atoms with van der Waals surface area (Å²) >= 11 is 0. The van der Waals surface area contributed by atoms with Crippen LogP contribution in [0.2, 0.25) is 0 Å². The van der Waals surface area contributed by atoms with E-state index in [2.05, 4.69) is 41.5 Å². The number of aliphatic hydroxyl groups is 3. The molecule has 12 atom stereocenters. The van der Waals surface area contributed by atoms with Gasteiger partial charge in [0.15, 0.2) is 0 Å². The van der Waals surface area contributed by atoms with E-state index in [4.69, 9.17) is 0 Å². The summed E-state index contributed by atoms with van der Waals surface area (Å²) in [5.74, 6) is 4.36. The van der Waals surface area contributed by atoms with Crippen LogP contribution in [0, 0.1) is 58.2 Å². The Morgan fingerprint density at radius 1 is 0.812 bits per heavy atom. The van der Waals surface area contributed by atoms with Gasteiger partial charge in [0.25, 0.3) is 0 Å². The van der Waals surface area contributed by atoms with Gasteiger partial charge in [-0.25, -0.2) is 0 Å². The predicted molar refractivity (Wildman–Crippen MR) is 131 cm³/mol. The van der Waals surface area contributed by atoms with Gasteiger partial charge in [-0.1, -0.05) is 48.0 Å². The summed E-state index contributed by atoms with van der Waals surface area (Å²) in [6.45, 7) is 13.8. The zero-order valence-corrected chi connectivity index (χ0v) is 21.8. The van der Waals surface area contributed by atoms with E-state index in [0.717, 1.165) is 37.0 Å². The smallest absolute Gasteiger partial charge is 0.0832 e. The van der Waals surface area contributed by atoms with E-state index in [0.29, 0.717) is 28.6 Å². The predicted octanol–water partition coefficient (Wildman–Crippen LogP) is 6.05. The van der Waals surface area contributed by atoms with Crippen LogP contribution < -0.4 is 0 Å². The van der Waals surface area contributed by atoms with Crippen molar-refractivity contribution in [1.82, 2.24) is 0 Å². The van der Waals surface area contributed by atoms with Crippen LogP contribution in [0.3, 0.4) is 0 Å². The van der Waals surface area contributed by atoms with Crippen LogP contribution in [0.1, 0.15) is 106 Å². The molecular weight excluding hydrogens is 396 g/mol. The van der Waals surface area contributed by atoms with E-state index in [1.165, 1.54) is 44.9 Å². The second kappa shape index (κ2) is 9.15. The molecule has 3 heteroatoms. The zero-order chi connectivity index (χ0) is 23.4. The molecule has 0 bridgehead atoms. The zero-order valence-electron chi connectivity index (χ0n) is 21.8. The van der Waals surface area contributed by atoms with Crippen LogP contribution in [0.25, 0.3) is 0 Å². The van der Waals surface area contributed by atoms with E-state index in [9.17, 15) is 15.3 Å². The maximum atomic E-state index is 11.3. The SMILES string of the molecule is CC[C@@H](C(C)C)[C@@H](O)[C@H](O)[C@@H](C)[C@H]1CC[C@H]2[C@@H]3CC[C@H]4C[C@@H](O)CC[C@]4(C)[C@H]3CC[C@]12C. The maximum Gasteiger partial charge on any atom is 0.0832 e. The van der Waals surface area contributed by atoms with Gasteiger partial charge in [0.05, 0.1) is 18.3 Å². The minimum Gasteiger partial charge on any atom is -0.393 e. The molecule has 0 amide bonds. The van der Waals surface area contributed by atoms with E-state index < -0.39 is 12.2 Å². The molecule has 4 fully saturated rings. The van der Waals surface area contributed by atoms with Crippen molar-refractivity contribution in [3.63, 3.8) is 0 Å². The van der Waals surface area contributed by atoms with Crippen molar-refractivity contribution in [2.24, 2.45) is 58.2 Å². The Morgan fingerprint density at radius 2 is 1.47 bits per heavy atom. The van der Waals surface area contributed by atoms with Gasteiger partial charge in [0.2, 0.25) is 0 Å². The van der Waals surface area contributed by atoms with Gasteiger partial charge in [-0.15, -0.1) is 0 Å². The molecule has 3 N–H and O–H groups in total. The average molecular weight is 449 g/mol. The van der Waals surface area contributed by atoms with Crippen molar-refractivity contribution in [1.29, 1.82) is 0 Å². The lowest BCUT2D eigenvalue weighted by molar-refractivity contribution is -0.137. The number of hydrogen-bond acceptors (Lipinski definition) is 3. The fraction of sp³-hybridized carbons (Fsp3) is 1.00. The Kier molecular flexibility index (Phi) is 7.15. The molecular formula is C29H52O3. The third-order valence-electron chi connectivity index (χ3n) is 12.0. The van der Waals surface area contributed by atoms with Crippen LogP contribution in [0.5, 0.6) is 0 Å². The Morgan fingerprint density at radius 3 is 2.12 bits per heavy atom. The van der Waals surface area contributed by atoms with Gasteiger partial charge in [-0.05, 0) is 116 Å². The monoisotopic (exact) mass is 448 g/mol. The molecule has 4 rings (SSSR count). The molecule has 186 valence electrons. The highest BCUT2D eigenvalue weighted by Crippen LogP contribution is 2.68.